The number of aromatic carboxylic acids is 1. The molecule has 2 N–H and O–H groups in total. The Morgan fingerprint density at radius 2 is 1.93 bits per heavy atom. The van der Waals surface area contributed by atoms with E-state index in [2.05, 4.69) is 26.8 Å². The van der Waals surface area contributed by atoms with E-state index in [-0.39, 0.29) is 11.9 Å². The lowest BCUT2D eigenvalue weighted by Crippen LogP contribution is -2.20. The smallest absolute Gasteiger partial charge is 0.374 e. The molecule has 2 saturated carbocycles. The largest absolute Gasteiger partial charge is 0.475 e. The van der Waals surface area contributed by atoms with Gasteiger partial charge in [-0.15, -0.1) is 0 Å². The topological polar surface area (TPSA) is 92.9 Å². The Morgan fingerprint density at radius 3 is 2.55 bits per heavy atom. The van der Waals surface area contributed by atoms with Crippen molar-refractivity contribution in [3.8, 4) is 0 Å². The van der Waals surface area contributed by atoms with Crippen LogP contribution in [0.1, 0.15) is 60.5 Å². The number of imidazole rings is 1. The minimum Gasteiger partial charge on any atom is -0.475 e. The molecule has 2 aliphatic carbocycles. The van der Waals surface area contributed by atoms with Gasteiger partial charge in [0.2, 0.25) is 5.82 Å². The Balaban J connectivity index is 1.65. The third-order valence-electron chi connectivity index (χ3n) is 5.71. The first-order chi connectivity index (χ1) is 14.0. The molecule has 0 radical (unpaired) electrons. The van der Waals surface area contributed by atoms with Crippen LogP contribution in [-0.4, -0.2) is 36.6 Å². The number of carboxylic acid groups (broad SMARTS) is 1. The highest BCUT2D eigenvalue weighted by atomic mass is 35.5. The summed E-state index contributed by atoms with van der Waals surface area (Å²) in [7, 11) is 0. The number of carbonyl (C=O) groups is 1. The van der Waals surface area contributed by atoms with E-state index in [9.17, 15) is 9.90 Å². The molecule has 1 aromatic carbocycles. The zero-order chi connectivity index (χ0) is 20.1. The highest BCUT2D eigenvalue weighted by Gasteiger charge is 2.33. The van der Waals surface area contributed by atoms with E-state index in [1.807, 2.05) is 24.3 Å². The van der Waals surface area contributed by atoms with Crippen LogP contribution >= 0.6 is 11.6 Å². The van der Waals surface area contributed by atoms with Gasteiger partial charge in [-0.25, -0.2) is 19.7 Å². The normalized spacial score (nSPS) is 17.4. The van der Waals surface area contributed by atoms with Crippen molar-refractivity contribution in [2.45, 2.75) is 51.1 Å². The van der Waals surface area contributed by atoms with Gasteiger partial charge in [0.25, 0.3) is 0 Å². The van der Waals surface area contributed by atoms with Crippen molar-refractivity contribution in [1.29, 1.82) is 0 Å². The van der Waals surface area contributed by atoms with Crippen molar-refractivity contribution >= 4 is 34.6 Å². The van der Waals surface area contributed by atoms with Gasteiger partial charge < -0.3 is 15.0 Å². The van der Waals surface area contributed by atoms with E-state index in [4.69, 9.17) is 16.6 Å². The summed E-state index contributed by atoms with van der Waals surface area (Å²) in [6.07, 6.45) is 4.55. The number of anilines is 1. The average molecular weight is 412 g/mol. The van der Waals surface area contributed by atoms with Gasteiger partial charge in [0.1, 0.15) is 11.3 Å². The predicted molar refractivity (Wildman–Crippen MR) is 111 cm³/mol. The van der Waals surface area contributed by atoms with Crippen LogP contribution in [0.2, 0.25) is 5.02 Å². The van der Waals surface area contributed by atoms with Crippen molar-refractivity contribution < 1.29 is 9.90 Å². The number of rotatable bonds is 7. The number of nitrogens with zero attached hydrogens (tertiary/aromatic N) is 4. The van der Waals surface area contributed by atoms with Crippen LogP contribution < -0.4 is 5.32 Å². The van der Waals surface area contributed by atoms with Crippen LogP contribution in [0.5, 0.6) is 0 Å². The van der Waals surface area contributed by atoms with E-state index in [0.717, 1.165) is 29.7 Å². The maximum absolute atomic E-state index is 11.6. The molecule has 0 aliphatic heterocycles. The fourth-order valence-corrected chi connectivity index (χ4v) is 3.89. The number of aromatic nitrogens is 4. The van der Waals surface area contributed by atoms with Gasteiger partial charge in [0.15, 0.2) is 11.5 Å². The maximum Gasteiger partial charge on any atom is 0.374 e. The molecule has 7 nitrogen and oxygen atoms in total. The Labute approximate surface area is 173 Å². The SMILES string of the molecule is C[C@@H](Nc1nc(C(=O)O)nc2nc(C3CC3)n(Cc3ccc(Cl)cc3)c12)C1CC1. The molecule has 1 atom stereocenters. The number of halogens is 1. The number of hydrogen-bond donors (Lipinski definition) is 2. The van der Waals surface area contributed by atoms with Crippen LogP contribution in [0.15, 0.2) is 24.3 Å². The second-order valence-corrected chi connectivity index (χ2v) is 8.54. The summed E-state index contributed by atoms with van der Waals surface area (Å²) in [5.41, 5.74) is 2.32. The van der Waals surface area contributed by atoms with Gasteiger partial charge >= 0.3 is 5.97 Å². The molecule has 8 heteroatoms. The summed E-state index contributed by atoms with van der Waals surface area (Å²) in [5.74, 6) is 1.13. The van der Waals surface area contributed by atoms with Crippen LogP contribution in [0.3, 0.4) is 0 Å². The quantitative estimate of drug-likeness (QED) is 0.601. The fraction of sp³-hybridized carbons (Fsp3) is 0.429. The van der Waals surface area contributed by atoms with Crippen molar-refractivity contribution in [2.24, 2.45) is 5.92 Å². The molecule has 0 unspecified atom stereocenters. The average Bonchev–Trinajstić information content (AvgIpc) is 3.60. The molecule has 0 spiro atoms. The van der Waals surface area contributed by atoms with Gasteiger partial charge in [-0.1, -0.05) is 23.7 Å². The minimum absolute atomic E-state index is 0.220. The van der Waals surface area contributed by atoms with Crippen molar-refractivity contribution in [2.75, 3.05) is 5.32 Å². The minimum atomic E-state index is -1.14. The van der Waals surface area contributed by atoms with Crippen molar-refractivity contribution in [1.82, 2.24) is 19.5 Å². The summed E-state index contributed by atoms with van der Waals surface area (Å²) in [6, 6.07) is 7.97. The summed E-state index contributed by atoms with van der Waals surface area (Å²) < 4.78 is 2.14. The number of fused-ring (bicyclic) bond motifs is 1. The first kappa shape index (κ1) is 18.4. The van der Waals surface area contributed by atoms with Gasteiger partial charge in [0, 0.05) is 23.5 Å². The standard InChI is InChI=1S/C21H22ClN5O2/c1-11(13-4-5-13)23-17-16-18(25-19(24-17)21(28)29)26-20(14-6-7-14)27(16)10-12-2-8-15(22)9-3-12/h2-3,8-9,11,13-14H,4-7,10H2,1H3,(H,28,29)(H,23,24,25)/t11-/m1/s1. The second kappa shape index (κ2) is 6.99. The Hall–Kier alpha value is -2.67. The van der Waals surface area contributed by atoms with E-state index in [1.165, 1.54) is 12.8 Å². The molecular weight excluding hydrogens is 390 g/mol. The number of benzene rings is 1. The highest BCUT2D eigenvalue weighted by molar-refractivity contribution is 6.30. The van der Waals surface area contributed by atoms with Crippen LogP contribution in [0.4, 0.5) is 5.82 Å². The number of nitrogens with one attached hydrogen (secondary N) is 1. The van der Waals surface area contributed by atoms with Gasteiger partial charge in [0.05, 0.1) is 0 Å². The zero-order valence-electron chi connectivity index (χ0n) is 16.1. The first-order valence-corrected chi connectivity index (χ1v) is 10.4. The van der Waals surface area contributed by atoms with Crippen molar-refractivity contribution in [3.05, 3.63) is 46.5 Å². The van der Waals surface area contributed by atoms with E-state index < -0.39 is 5.97 Å². The molecule has 150 valence electrons. The molecular formula is C21H22ClN5O2. The summed E-state index contributed by atoms with van der Waals surface area (Å²) in [6.45, 7) is 2.73. The number of carboxylic acids is 1. The van der Waals surface area contributed by atoms with Crippen LogP contribution in [-0.2, 0) is 6.54 Å². The lowest BCUT2D eigenvalue weighted by atomic mass is 10.2. The van der Waals surface area contributed by atoms with Gasteiger partial charge in [-0.3, -0.25) is 0 Å². The molecule has 0 saturated heterocycles. The first-order valence-electron chi connectivity index (χ1n) is 10.0. The molecule has 2 heterocycles. The fourth-order valence-electron chi connectivity index (χ4n) is 3.76. The Morgan fingerprint density at radius 1 is 1.21 bits per heavy atom. The second-order valence-electron chi connectivity index (χ2n) is 8.10. The highest BCUT2D eigenvalue weighted by Crippen LogP contribution is 2.42. The van der Waals surface area contributed by atoms with Crippen LogP contribution in [0, 0.1) is 5.92 Å². The lowest BCUT2D eigenvalue weighted by Gasteiger charge is -2.16. The monoisotopic (exact) mass is 411 g/mol. The molecule has 29 heavy (non-hydrogen) atoms. The van der Waals surface area contributed by atoms with Gasteiger partial charge in [-0.2, -0.15) is 0 Å². The van der Waals surface area contributed by atoms with E-state index >= 15 is 0 Å². The summed E-state index contributed by atoms with van der Waals surface area (Å²) in [4.78, 5) is 24.9. The number of hydrogen-bond acceptors (Lipinski definition) is 5. The lowest BCUT2D eigenvalue weighted by molar-refractivity contribution is 0.0684. The molecule has 0 bridgehead atoms. The molecule has 2 aromatic heterocycles. The van der Waals surface area contributed by atoms with Crippen LogP contribution in [0.25, 0.3) is 11.2 Å². The van der Waals surface area contributed by atoms with E-state index in [0.29, 0.717) is 34.9 Å². The predicted octanol–water partition coefficient (Wildman–Crippen LogP) is 4.31. The maximum atomic E-state index is 11.6. The summed E-state index contributed by atoms with van der Waals surface area (Å²) >= 11 is 6.04. The third-order valence-corrected chi connectivity index (χ3v) is 5.97. The van der Waals surface area contributed by atoms with Crippen molar-refractivity contribution in [3.63, 3.8) is 0 Å². The van der Waals surface area contributed by atoms with Gasteiger partial charge in [-0.05, 0) is 56.2 Å². The van der Waals surface area contributed by atoms with E-state index in [1.54, 1.807) is 0 Å². The summed E-state index contributed by atoms with van der Waals surface area (Å²) in [5, 5.41) is 13.6. The molecule has 2 fully saturated rings. The third kappa shape index (κ3) is 3.67. The molecule has 2 aliphatic rings. The zero-order valence-corrected chi connectivity index (χ0v) is 16.9. The molecule has 5 rings (SSSR count). The molecule has 0 amide bonds. The Kier molecular flexibility index (Phi) is 4.42. The molecule has 3 aromatic rings. The Bertz CT molecular complexity index is 1090.